The van der Waals surface area contributed by atoms with E-state index in [1.54, 1.807) is 0 Å². The van der Waals surface area contributed by atoms with E-state index < -0.39 is 0 Å². The maximum absolute atomic E-state index is 12.8. The van der Waals surface area contributed by atoms with Gasteiger partial charge in [-0.15, -0.1) is 10.2 Å². The van der Waals surface area contributed by atoms with E-state index in [2.05, 4.69) is 15.1 Å². The molecule has 8 heteroatoms. The minimum atomic E-state index is 0.0562. The monoisotopic (exact) mass is 439 g/mol. The lowest BCUT2D eigenvalue weighted by molar-refractivity contribution is -0.142. The number of amides is 2. The fraction of sp³-hybridized carbons (Fsp3) is 0.478. The van der Waals surface area contributed by atoms with Crippen molar-refractivity contribution in [1.29, 1.82) is 0 Å². The summed E-state index contributed by atoms with van der Waals surface area (Å²) in [5, 5.41) is 9.38. The highest BCUT2D eigenvalue weighted by Crippen LogP contribution is 2.36. The van der Waals surface area contributed by atoms with Crippen LogP contribution in [0.2, 0.25) is 5.02 Å². The Morgan fingerprint density at radius 3 is 2.32 bits per heavy atom. The van der Waals surface area contributed by atoms with Gasteiger partial charge >= 0.3 is 0 Å². The van der Waals surface area contributed by atoms with Crippen LogP contribution in [0.1, 0.15) is 25.7 Å². The number of halogens is 1. The SMILES string of the molecule is O=C(CN(C(=O)C1CC1)C1CC1)N1CCN(c2ccc(-c3ccccc3Cl)nn2)CC1. The largest absolute Gasteiger partial charge is 0.352 e. The van der Waals surface area contributed by atoms with Gasteiger partial charge < -0.3 is 14.7 Å². The average molecular weight is 440 g/mol. The van der Waals surface area contributed by atoms with Crippen LogP contribution in [0.3, 0.4) is 0 Å². The van der Waals surface area contributed by atoms with Crippen molar-refractivity contribution in [2.24, 2.45) is 5.92 Å². The number of hydrogen-bond acceptors (Lipinski definition) is 5. The summed E-state index contributed by atoms with van der Waals surface area (Å²) in [4.78, 5) is 31.2. The molecule has 0 radical (unpaired) electrons. The van der Waals surface area contributed by atoms with Crippen LogP contribution in [-0.4, -0.2) is 70.6 Å². The van der Waals surface area contributed by atoms with Crippen LogP contribution in [0.25, 0.3) is 11.3 Å². The summed E-state index contributed by atoms with van der Waals surface area (Å²) in [6, 6.07) is 11.7. The van der Waals surface area contributed by atoms with Crippen molar-refractivity contribution >= 4 is 29.2 Å². The summed E-state index contributed by atoms with van der Waals surface area (Å²) in [7, 11) is 0. The van der Waals surface area contributed by atoms with Crippen LogP contribution in [0.4, 0.5) is 5.82 Å². The molecule has 3 fully saturated rings. The molecule has 0 N–H and O–H groups in total. The summed E-state index contributed by atoms with van der Waals surface area (Å²) >= 11 is 6.25. The lowest BCUT2D eigenvalue weighted by Gasteiger charge is -2.36. The van der Waals surface area contributed by atoms with E-state index in [1.807, 2.05) is 46.2 Å². The zero-order chi connectivity index (χ0) is 21.4. The lowest BCUT2D eigenvalue weighted by Crippen LogP contribution is -2.52. The number of anilines is 1. The maximum atomic E-state index is 12.8. The van der Waals surface area contributed by atoms with Gasteiger partial charge in [-0.05, 0) is 43.9 Å². The lowest BCUT2D eigenvalue weighted by atomic mass is 10.1. The van der Waals surface area contributed by atoms with E-state index in [9.17, 15) is 9.59 Å². The molecule has 0 unspecified atom stereocenters. The second-order valence-electron chi connectivity index (χ2n) is 8.60. The Morgan fingerprint density at radius 2 is 1.71 bits per heavy atom. The second kappa shape index (κ2) is 8.46. The highest BCUT2D eigenvalue weighted by Gasteiger charge is 2.41. The quantitative estimate of drug-likeness (QED) is 0.692. The van der Waals surface area contributed by atoms with Crippen LogP contribution in [0.5, 0.6) is 0 Å². The van der Waals surface area contributed by atoms with Gasteiger partial charge in [-0.2, -0.15) is 0 Å². The van der Waals surface area contributed by atoms with Gasteiger partial charge in [0.25, 0.3) is 0 Å². The summed E-state index contributed by atoms with van der Waals surface area (Å²) in [5.74, 6) is 1.20. The molecule has 162 valence electrons. The van der Waals surface area contributed by atoms with Crippen molar-refractivity contribution in [3.63, 3.8) is 0 Å². The van der Waals surface area contributed by atoms with E-state index in [-0.39, 0.29) is 30.3 Å². The molecule has 2 saturated carbocycles. The van der Waals surface area contributed by atoms with Gasteiger partial charge in [0.15, 0.2) is 5.82 Å². The van der Waals surface area contributed by atoms with Crippen LogP contribution in [0, 0.1) is 5.92 Å². The van der Waals surface area contributed by atoms with Gasteiger partial charge in [-0.1, -0.05) is 29.8 Å². The molecule has 2 amide bonds. The fourth-order valence-electron chi connectivity index (χ4n) is 4.08. The van der Waals surface area contributed by atoms with Crippen LogP contribution in [0.15, 0.2) is 36.4 Å². The van der Waals surface area contributed by atoms with Crippen LogP contribution in [-0.2, 0) is 9.59 Å². The molecule has 1 aliphatic heterocycles. The molecule has 2 aliphatic carbocycles. The zero-order valence-corrected chi connectivity index (χ0v) is 18.2. The van der Waals surface area contributed by atoms with Crippen molar-refractivity contribution in [2.45, 2.75) is 31.7 Å². The van der Waals surface area contributed by atoms with Crippen molar-refractivity contribution in [3.8, 4) is 11.3 Å². The standard InChI is InChI=1S/C23H26ClN5O2/c24-19-4-2-1-3-18(19)20-9-10-21(26-25-20)27-11-13-28(14-12-27)22(30)15-29(17-7-8-17)23(31)16-5-6-16/h1-4,9-10,16-17H,5-8,11-15H2. The van der Waals surface area contributed by atoms with Crippen LogP contribution < -0.4 is 4.90 Å². The number of carbonyl (C=O) groups excluding carboxylic acids is 2. The first kappa shape index (κ1) is 20.2. The van der Waals surface area contributed by atoms with Gasteiger partial charge in [0, 0.05) is 43.7 Å². The first-order chi connectivity index (χ1) is 15.1. The fourth-order valence-corrected chi connectivity index (χ4v) is 4.31. The number of rotatable bonds is 6. The number of hydrogen-bond donors (Lipinski definition) is 0. The smallest absolute Gasteiger partial charge is 0.242 e. The molecular formula is C23H26ClN5O2. The van der Waals surface area contributed by atoms with Crippen molar-refractivity contribution in [1.82, 2.24) is 20.0 Å². The Bertz CT molecular complexity index is 966. The summed E-state index contributed by atoms with van der Waals surface area (Å²) in [6.07, 6.45) is 4.02. The van der Waals surface area contributed by atoms with E-state index in [0.29, 0.717) is 31.2 Å². The third kappa shape index (κ3) is 4.51. The molecule has 2 heterocycles. The topological polar surface area (TPSA) is 69.6 Å². The Hall–Kier alpha value is -2.67. The zero-order valence-electron chi connectivity index (χ0n) is 17.4. The van der Waals surface area contributed by atoms with Crippen molar-refractivity contribution in [3.05, 3.63) is 41.4 Å². The Balaban J connectivity index is 1.17. The molecule has 1 aromatic carbocycles. The number of piperazine rings is 1. The number of benzene rings is 1. The predicted octanol–water partition coefficient (Wildman–Crippen LogP) is 2.85. The number of aromatic nitrogens is 2. The summed E-state index contributed by atoms with van der Waals surface area (Å²) in [6.45, 7) is 2.88. The molecule has 7 nitrogen and oxygen atoms in total. The predicted molar refractivity (Wildman–Crippen MR) is 119 cm³/mol. The minimum absolute atomic E-state index is 0.0562. The molecule has 1 saturated heterocycles. The molecular weight excluding hydrogens is 414 g/mol. The van der Waals surface area contributed by atoms with E-state index in [1.165, 1.54) is 0 Å². The van der Waals surface area contributed by atoms with Crippen molar-refractivity contribution < 1.29 is 9.59 Å². The van der Waals surface area contributed by atoms with E-state index in [0.717, 1.165) is 42.8 Å². The molecule has 5 rings (SSSR count). The van der Waals surface area contributed by atoms with Gasteiger partial charge in [0.2, 0.25) is 11.8 Å². The van der Waals surface area contributed by atoms with E-state index >= 15 is 0 Å². The summed E-state index contributed by atoms with van der Waals surface area (Å²) in [5.41, 5.74) is 1.60. The highest BCUT2D eigenvalue weighted by atomic mass is 35.5. The Morgan fingerprint density at radius 1 is 0.968 bits per heavy atom. The summed E-state index contributed by atoms with van der Waals surface area (Å²) < 4.78 is 0. The molecule has 2 aromatic rings. The van der Waals surface area contributed by atoms with Gasteiger partial charge in [-0.3, -0.25) is 9.59 Å². The average Bonchev–Trinajstić information content (AvgIpc) is 3.71. The Labute approximate surface area is 187 Å². The van der Waals surface area contributed by atoms with E-state index in [4.69, 9.17) is 11.6 Å². The van der Waals surface area contributed by atoms with Crippen molar-refractivity contribution in [2.75, 3.05) is 37.6 Å². The third-order valence-corrected chi connectivity index (χ3v) is 6.59. The number of carbonyl (C=O) groups is 2. The first-order valence-corrected chi connectivity index (χ1v) is 11.4. The first-order valence-electron chi connectivity index (χ1n) is 11.0. The molecule has 0 atom stereocenters. The number of nitrogens with zero attached hydrogens (tertiary/aromatic N) is 5. The molecule has 0 bridgehead atoms. The maximum Gasteiger partial charge on any atom is 0.242 e. The molecule has 0 spiro atoms. The second-order valence-corrected chi connectivity index (χ2v) is 9.00. The van der Waals surface area contributed by atoms with Gasteiger partial charge in [0.1, 0.15) is 6.54 Å². The highest BCUT2D eigenvalue weighted by molar-refractivity contribution is 6.33. The van der Waals surface area contributed by atoms with Crippen LogP contribution >= 0.6 is 11.6 Å². The van der Waals surface area contributed by atoms with Gasteiger partial charge in [-0.25, -0.2) is 0 Å². The third-order valence-electron chi connectivity index (χ3n) is 6.26. The molecule has 1 aromatic heterocycles. The van der Waals surface area contributed by atoms with Gasteiger partial charge in [0.05, 0.1) is 10.7 Å². The molecule has 31 heavy (non-hydrogen) atoms. The Kier molecular flexibility index (Phi) is 5.52. The minimum Gasteiger partial charge on any atom is -0.352 e. The molecule has 3 aliphatic rings. The normalized spacial score (nSPS) is 18.7.